The first-order chi connectivity index (χ1) is 16.6. The Morgan fingerprint density at radius 2 is 1.53 bits per heavy atom. The highest BCUT2D eigenvalue weighted by molar-refractivity contribution is 7.92. The molecule has 0 unspecified atom stereocenters. The molecule has 2 aromatic heterocycles. The maximum atomic E-state index is 12.9. The SMILES string of the molecule is O=S(=O)(Nc1nc2ccccc2nc1NCc1ccc(N2CCOCC2)nc1)c1ccccc1. The van der Waals surface area contributed by atoms with Gasteiger partial charge in [-0.3, -0.25) is 4.72 Å². The number of aromatic nitrogens is 3. The molecule has 3 heterocycles. The molecule has 0 radical (unpaired) electrons. The summed E-state index contributed by atoms with van der Waals surface area (Å²) < 4.78 is 33.8. The number of morpholine rings is 1. The van der Waals surface area contributed by atoms with E-state index in [9.17, 15) is 8.42 Å². The van der Waals surface area contributed by atoms with Gasteiger partial charge >= 0.3 is 0 Å². The van der Waals surface area contributed by atoms with Crippen LogP contribution in [0.15, 0.2) is 77.8 Å². The summed E-state index contributed by atoms with van der Waals surface area (Å²) in [4.78, 5) is 16.0. The number of hydrogen-bond donors (Lipinski definition) is 2. The van der Waals surface area contributed by atoms with Crippen LogP contribution >= 0.6 is 0 Å². The molecule has 0 bridgehead atoms. The lowest BCUT2D eigenvalue weighted by molar-refractivity contribution is 0.122. The van der Waals surface area contributed by atoms with E-state index in [0.717, 1.165) is 24.5 Å². The number of fused-ring (bicyclic) bond motifs is 1. The van der Waals surface area contributed by atoms with Gasteiger partial charge in [0.05, 0.1) is 29.1 Å². The van der Waals surface area contributed by atoms with Crippen LogP contribution in [-0.2, 0) is 21.3 Å². The molecule has 1 aliphatic rings. The molecule has 0 spiro atoms. The molecular formula is C24H24N6O3S. The van der Waals surface area contributed by atoms with Gasteiger partial charge in [0.2, 0.25) is 0 Å². The maximum absolute atomic E-state index is 12.9. The summed E-state index contributed by atoms with van der Waals surface area (Å²) in [5.74, 6) is 1.39. The van der Waals surface area contributed by atoms with Crippen molar-refractivity contribution in [1.29, 1.82) is 0 Å². The Morgan fingerprint density at radius 1 is 0.853 bits per heavy atom. The second-order valence-electron chi connectivity index (χ2n) is 7.81. The van der Waals surface area contributed by atoms with Gasteiger partial charge in [-0.05, 0) is 35.9 Å². The summed E-state index contributed by atoms with van der Waals surface area (Å²) in [7, 11) is -3.83. The van der Waals surface area contributed by atoms with Crippen LogP contribution in [0.4, 0.5) is 17.5 Å². The Kier molecular flexibility index (Phi) is 6.24. The van der Waals surface area contributed by atoms with Crippen LogP contribution in [0.1, 0.15) is 5.56 Å². The van der Waals surface area contributed by atoms with E-state index in [4.69, 9.17) is 4.74 Å². The van der Waals surface area contributed by atoms with Crippen molar-refractivity contribution in [2.24, 2.45) is 0 Å². The van der Waals surface area contributed by atoms with Crippen LogP contribution in [0, 0.1) is 0 Å². The first-order valence-electron chi connectivity index (χ1n) is 10.9. The first kappa shape index (κ1) is 22.1. The third-order valence-corrected chi connectivity index (χ3v) is 6.81. The van der Waals surface area contributed by atoms with Gasteiger partial charge in [0.25, 0.3) is 10.0 Å². The fourth-order valence-corrected chi connectivity index (χ4v) is 4.70. The summed E-state index contributed by atoms with van der Waals surface area (Å²) in [5.41, 5.74) is 2.19. The lowest BCUT2D eigenvalue weighted by atomic mass is 10.2. The van der Waals surface area contributed by atoms with Crippen molar-refractivity contribution in [3.05, 3.63) is 78.5 Å². The molecule has 2 aromatic carbocycles. The number of rotatable bonds is 7. The van der Waals surface area contributed by atoms with Gasteiger partial charge in [-0.25, -0.2) is 23.4 Å². The van der Waals surface area contributed by atoms with Crippen molar-refractivity contribution >= 4 is 38.5 Å². The summed E-state index contributed by atoms with van der Waals surface area (Å²) in [6.45, 7) is 3.45. The van der Waals surface area contributed by atoms with Crippen molar-refractivity contribution in [3.63, 3.8) is 0 Å². The van der Waals surface area contributed by atoms with E-state index in [0.29, 0.717) is 36.6 Å². The topological polar surface area (TPSA) is 109 Å². The number of sulfonamides is 1. The standard InChI is InChI=1S/C24H24N6O3S/c31-34(32,19-6-2-1-3-7-19)29-24-23(27-20-8-4-5-9-21(20)28-24)26-17-18-10-11-22(25-16-18)30-12-14-33-15-13-30/h1-11,16H,12-15,17H2,(H,26,27)(H,28,29). The van der Waals surface area contributed by atoms with Gasteiger partial charge in [-0.1, -0.05) is 36.4 Å². The molecule has 0 aliphatic carbocycles. The molecule has 0 saturated carbocycles. The number of nitrogens with one attached hydrogen (secondary N) is 2. The Labute approximate surface area is 197 Å². The predicted molar refractivity (Wildman–Crippen MR) is 131 cm³/mol. The molecule has 174 valence electrons. The smallest absolute Gasteiger partial charge is 0.263 e. The molecule has 10 heteroatoms. The van der Waals surface area contributed by atoms with Crippen LogP contribution in [-0.4, -0.2) is 49.7 Å². The Balaban J connectivity index is 1.38. The lowest BCUT2D eigenvalue weighted by Gasteiger charge is -2.27. The molecule has 0 atom stereocenters. The number of pyridine rings is 1. The van der Waals surface area contributed by atoms with E-state index < -0.39 is 10.0 Å². The molecule has 2 N–H and O–H groups in total. The van der Waals surface area contributed by atoms with Gasteiger partial charge in [0, 0.05) is 25.8 Å². The summed E-state index contributed by atoms with van der Waals surface area (Å²) in [6.07, 6.45) is 1.81. The van der Waals surface area contributed by atoms with Gasteiger partial charge < -0.3 is 15.0 Å². The monoisotopic (exact) mass is 476 g/mol. The highest BCUT2D eigenvalue weighted by Gasteiger charge is 2.19. The maximum Gasteiger partial charge on any atom is 0.263 e. The second-order valence-corrected chi connectivity index (χ2v) is 9.49. The Bertz CT molecular complexity index is 1380. The second kappa shape index (κ2) is 9.62. The minimum absolute atomic E-state index is 0.139. The van der Waals surface area contributed by atoms with E-state index >= 15 is 0 Å². The molecule has 4 aromatic rings. The summed E-state index contributed by atoms with van der Waals surface area (Å²) >= 11 is 0. The van der Waals surface area contributed by atoms with Crippen molar-refractivity contribution < 1.29 is 13.2 Å². The highest BCUT2D eigenvalue weighted by Crippen LogP contribution is 2.25. The van der Waals surface area contributed by atoms with Crippen LogP contribution in [0.2, 0.25) is 0 Å². The first-order valence-corrected chi connectivity index (χ1v) is 12.4. The van der Waals surface area contributed by atoms with Crippen LogP contribution in [0.5, 0.6) is 0 Å². The molecule has 34 heavy (non-hydrogen) atoms. The molecule has 0 amide bonds. The van der Waals surface area contributed by atoms with Crippen LogP contribution < -0.4 is 14.9 Å². The normalized spacial score (nSPS) is 14.2. The van der Waals surface area contributed by atoms with Crippen LogP contribution in [0.3, 0.4) is 0 Å². The fraction of sp³-hybridized carbons (Fsp3) is 0.208. The summed E-state index contributed by atoms with van der Waals surface area (Å²) in [6, 6.07) is 19.5. The fourth-order valence-electron chi connectivity index (χ4n) is 3.67. The molecule has 1 aliphatic heterocycles. The number of benzene rings is 2. The molecule has 9 nitrogen and oxygen atoms in total. The molecular weight excluding hydrogens is 452 g/mol. The minimum Gasteiger partial charge on any atom is -0.378 e. The molecule has 1 fully saturated rings. The third kappa shape index (κ3) is 4.92. The average molecular weight is 477 g/mol. The van der Waals surface area contributed by atoms with Gasteiger partial charge in [0.15, 0.2) is 11.6 Å². The van der Waals surface area contributed by atoms with E-state index in [1.165, 1.54) is 12.1 Å². The molecule has 5 rings (SSSR count). The largest absolute Gasteiger partial charge is 0.378 e. The number of hydrogen-bond acceptors (Lipinski definition) is 8. The zero-order valence-electron chi connectivity index (χ0n) is 18.4. The third-order valence-electron chi connectivity index (χ3n) is 5.46. The number of ether oxygens (including phenoxy) is 1. The molecule has 1 saturated heterocycles. The predicted octanol–water partition coefficient (Wildman–Crippen LogP) is 3.27. The lowest BCUT2D eigenvalue weighted by Crippen LogP contribution is -2.36. The summed E-state index contributed by atoms with van der Waals surface area (Å²) in [5, 5.41) is 3.22. The zero-order valence-corrected chi connectivity index (χ0v) is 19.2. The van der Waals surface area contributed by atoms with Gasteiger partial charge in [0.1, 0.15) is 5.82 Å². The number of anilines is 3. The van der Waals surface area contributed by atoms with Crippen molar-refractivity contribution in [1.82, 2.24) is 15.0 Å². The van der Waals surface area contributed by atoms with Crippen molar-refractivity contribution in [3.8, 4) is 0 Å². The van der Waals surface area contributed by atoms with Gasteiger partial charge in [-0.2, -0.15) is 0 Å². The Hall–Kier alpha value is -3.76. The van der Waals surface area contributed by atoms with Gasteiger partial charge in [-0.15, -0.1) is 0 Å². The van der Waals surface area contributed by atoms with Crippen molar-refractivity contribution in [2.75, 3.05) is 41.2 Å². The Morgan fingerprint density at radius 3 is 2.21 bits per heavy atom. The number of nitrogens with zero attached hydrogens (tertiary/aromatic N) is 4. The van der Waals surface area contributed by atoms with Crippen LogP contribution in [0.25, 0.3) is 11.0 Å². The highest BCUT2D eigenvalue weighted by atomic mass is 32.2. The van der Waals surface area contributed by atoms with E-state index in [-0.39, 0.29) is 10.7 Å². The quantitative estimate of drug-likeness (QED) is 0.418. The van der Waals surface area contributed by atoms with Crippen molar-refractivity contribution in [2.45, 2.75) is 11.4 Å². The average Bonchev–Trinajstić information content (AvgIpc) is 2.88. The van der Waals surface area contributed by atoms with E-state index in [1.54, 1.807) is 30.5 Å². The minimum atomic E-state index is -3.83. The zero-order chi connectivity index (χ0) is 23.4. The van der Waals surface area contributed by atoms with E-state index in [2.05, 4.69) is 29.9 Å². The number of para-hydroxylation sites is 2. The van der Waals surface area contributed by atoms with E-state index in [1.807, 2.05) is 30.3 Å².